The van der Waals surface area contributed by atoms with Crippen molar-refractivity contribution in [3.05, 3.63) is 47.7 Å². The first-order chi connectivity index (χ1) is 13.5. The molecule has 0 bridgehead atoms. The number of para-hydroxylation sites is 1. The lowest BCUT2D eigenvalue weighted by atomic mass is 10.2. The van der Waals surface area contributed by atoms with Crippen LogP contribution in [0.15, 0.2) is 36.4 Å². The molecule has 0 aliphatic carbocycles. The van der Waals surface area contributed by atoms with Crippen molar-refractivity contribution >= 4 is 5.69 Å². The van der Waals surface area contributed by atoms with Crippen molar-refractivity contribution in [3.8, 4) is 17.7 Å². The molecule has 1 N–H and O–H groups in total. The number of anilines is 1. The highest BCUT2D eigenvalue weighted by Gasteiger charge is 2.14. The Kier molecular flexibility index (Phi) is 10.4. The van der Waals surface area contributed by atoms with Crippen LogP contribution in [-0.4, -0.2) is 42.9 Å². The van der Waals surface area contributed by atoms with Gasteiger partial charge in [-0.3, -0.25) is 4.90 Å². The van der Waals surface area contributed by atoms with Gasteiger partial charge < -0.3 is 14.8 Å². The summed E-state index contributed by atoms with van der Waals surface area (Å²) in [5.41, 5.74) is 2.03. The second-order valence-corrected chi connectivity index (χ2v) is 6.15. The van der Waals surface area contributed by atoms with Crippen LogP contribution in [0.3, 0.4) is 0 Å². The second kappa shape index (κ2) is 12.6. The first kappa shape index (κ1) is 23.3. The van der Waals surface area contributed by atoms with Gasteiger partial charge in [0.15, 0.2) is 0 Å². The summed E-state index contributed by atoms with van der Waals surface area (Å²) in [5, 5.41) is 12.7. The van der Waals surface area contributed by atoms with E-state index >= 15 is 0 Å². The maximum atomic E-state index is 9.44. The number of benzene rings is 1. The van der Waals surface area contributed by atoms with E-state index in [9.17, 15) is 5.26 Å². The van der Waals surface area contributed by atoms with E-state index < -0.39 is 0 Å². The quantitative estimate of drug-likeness (QED) is 0.644. The van der Waals surface area contributed by atoms with E-state index in [-0.39, 0.29) is 6.10 Å². The fraction of sp³-hybridized carbons (Fsp3) is 0.455. The highest BCUT2D eigenvalue weighted by Crippen LogP contribution is 2.23. The summed E-state index contributed by atoms with van der Waals surface area (Å²) in [4.78, 5) is 6.59. The Balaban J connectivity index is 0.00000190. The molecule has 2 aromatic rings. The van der Waals surface area contributed by atoms with E-state index in [0.29, 0.717) is 24.7 Å². The van der Waals surface area contributed by atoms with Crippen LogP contribution < -0.4 is 14.8 Å². The number of nitrogens with zero attached hydrogens (tertiary/aromatic N) is 3. The highest BCUT2D eigenvalue weighted by atomic mass is 16.5. The van der Waals surface area contributed by atoms with Crippen LogP contribution in [0, 0.1) is 18.3 Å². The van der Waals surface area contributed by atoms with E-state index in [0.717, 1.165) is 23.7 Å². The van der Waals surface area contributed by atoms with Gasteiger partial charge in [0.2, 0.25) is 5.88 Å². The molecule has 1 heterocycles. The summed E-state index contributed by atoms with van der Waals surface area (Å²) in [6, 6.07) is 13.5. The van der Waals surface area contributed by atoms with Gasteiger partial charge in [0, 0.05) is 0 Å². The molecule has 0 aliphatic rings. The molecule has 2 rings (SSSR count). The third-order valence-corrected chi connectivity index (χ3v) is 3.92. The van der Waals surface area contributed by atoms with Crippen molar-refractivity contribution in [1.82, 2.24) is 9.88 Å². The predicted molar refractivity (Wildman–Crippen MR) is 114 cm³/mol. The number of pyridine rings is 1. The fourth-order valence-electron chi connectivity index (χ4n) is 2.22. The molecule has 28 heavy (non-hydrogen) atoms. The molecule has 1 atom stereocenters. The minimum Gasteiger partial charge on any atom is -0.490 e. The molecule has 0 spiro atoms. The summed E-state index contributed by atoms with van der Waals surface area (Å²) in [5.74, 6) is 1.12. The molecule has 0 aliphatic heterocycles. The number of aryl methyl sites for hydroxylation is 1. The minimum atomic E-state index is -0.237. The minimum absolute atomic E-state index is 0.237. The Bertz CT molecular complexity index is 744. The molecule has 1 aromatic heterocycles. The number of aromatic nitrogens is 1. The molecule has 152 valence electrons. The maximum Gasteiger partial charge on any atom is 0.232 e. The first-order valence-corrected chi connectivity index (χ1v) is 9.72. The molecular formula is C22H32N4O2. The molecule has 6 heteroatoms. The molecule has 0 saturated heterocycles. The molecule has 6 nitrogen and oxygen atoms in total. The van der Waals surface area contributed by atoms with Gasteiger partial charge in [-0.05, 0) is 45.6 Å². The molecule has 1 aromatic carbocycles. The summed E-state index contributed by atoms with van der Waals surface area (Å²) >= 11 is 0. The normalized spacial score (nSPS) is 11.1. The lowest BCUT2D eigenvalue weighted by Gasteiger charge is -2.19. The van der Waals surface area contributed by atoms with E-state index in [1.807, 2.05) is 65.1 Å². The molecule has 0 fully saturated rings. The van der Waals surface area contributed by atoms with Crippen LogP contribution in [-0.2, 0) is 0 Å². The number of rotatable bonds is 9. The SMILES string of the molecule is CC.CCN(C)CNc1cc(C#N)c(OC(C)COc2ccccc2)nc1C. The van der Waals surface area contributed by atoms with Crippen LogP contribution in [0.1, 0.15) is 39.0 Å². The number of nitriles is 1. The Morgan fingerprint density at radius 2 is 1.93 bits per heavy atom. The zero-order valence-electron chi connectivity index (χ0n) is 17.8. The van der Waals surface area contributed by atoms with Gasteiger partial charge in [0.05, 0.1) is 18.1 Å². The van der Waals surface area contributed by atoms with Crippen molar-refractivity contribution in [2.75, 3.05) is 32.2 Å². The maximum absolute atomic E-state index is 9.44. The average Bonchev–Trinajstić information content (AvgIpc) is 2.73. The van der Waals surface area contributed by atoms with Crippen LogP contribution in [0.5, 0.6) is 11.6 Å². The van der Waals surface area contributed by atoms with E-state index in [4.69, 9.17) is 9.47 Å². The van der Waals surface area contributed by atoms with Crippen molar-refractivity contribution in [2.45, 2.75) is 40.7 Å². The van der Waals surface area contributed by atoms with Gasteiger partial charge in [-0.15, -0.1) is 0 Å². The summed E-state index contributed by atoms with van der Waals surface area (Å²) in [6.45, 7) is 11.9. The van der Waals surface area contributed by atoms with Crippen molar-refractivity contribution < 1.29 is 9.47 Å². The van der Waals surface area contributed by atoms with E-state index in [1.54, 1.807) is 6.07 Å². The standard InChI is InChI=1S/C20H26N4O2.C2H6/c1-5-24(4)14-22-19-11-17(12-21)20(23-16(19)3)26-15(2)13-25-18-9-7-6-8-10-18;1-2/h6-11,15,22H,5,13-14H2,1-4H3;1-2H3. The lowest BCUT2D eigenvalue weighted by molar-refractivity contribution is 0.137. The zero-order chi connectivity index (χ0) is 20.9. The third kappa shape index (κ3) is 7.45. The fourth-order valence-corrected chi connectivity index (χ4v) is 2.22. The monoisotopic (exact) mass is 384 g/mol. The Labute approximate surface area is 169 Å². The van der Waals surface area contributed by atoms with Gasteiger partial charge in [0.1, 0.15) is 30.1 Å². The van der Waals surface area contributed by atoms with Crippen molar-refractivity contribution in [1.29, 1.82) is 5.26 Å². The first-order valence-electron chi connectivity index (χ1n) is 9.72. The van der Waals surface area contributed by atoms with Crippen LogP contribution in [0.2, 0.25) is 0 Å². The Morgan fingerprint density at radius 3 is 2.54 bits per heavy atom. The summed E-state index contributed by atoms with van der Waals surface area (Å²) in [7, 11) is 2.02. The van der Waals surface area contributed by atoms with Gasteiger partial charge in [-0.1, -0.05) is 39.0 Å². The van der Waals surface area contributed by atoms with Gasteiger partial charge >= 0.3 is 0 Å². The Morgan fingerprint density at radius 1 is 1.25 bits per heavy atom. The number of hydrogen-bond donors (Lipinski definition) is 1. The summed E-state index contributed by atoms with van der Waals surface area (Å²) in [6.07, 6.45) is -0.237. The molecule has 0 amide bonds. The van der Waals surface area contributed by atoms with Crippen LogP contribution in [0.25, 0.3) is 0 Å². The zero-order valence-corrected chi connectivity index (χ0v) is 17.8. The van der Waals surface area contributed by atoms with Gasteiger partial charge in [-0.2, -0.15) is 5.26 Å². The topological polar surface area (TPSA) is 70.4 Å². The van der Waals surface area contributed by atoms with Crippen LogP contribution in [0.4, 0.5) is 5.69 Å². The lowest BCUT2D eigenvalue weighted by Crippen LogP contribution is -2.25. The van der Waals surface area contributed by atoms with Crippen LogP contribution >= 0.6 is 0 Å². The van der Waals surface area contributed by atoms with Crippen molar-refractivity contribution in [3.63, 3.8) is 0 Å². The third-order valence-electron chi connectivity index (χ3n) is 3.92. The van der Waals surface area contributed by atoms with Gasteiger partial charge in [0.25, 0.3) is 0 Å². The average molecular weight is 385 g/mol. The van der Waals surface area contributed by atoms with E-state index in [1.165, 1.54) is 0 Å². The smallest absolute Gasteiger partial charge is 0.232 e. The van der Waals surface area contributed by atoms with Gasteiger partial charge in [-0.25, -0.2) is 4.98 Å². The summed E-state index contributed by atoms with van der Waals surface area (Å²) < 4.78 is 11.5. The molecule has 0 saturated carbocycles. The Hall–Kier alpha value is -2.78. The largest absolute Gasteiger partial charge is 0.490 e. The number of nitrogens with one attached hydrogen (secondary N) is 1. The van der Waals surface area contributed by atoms with E-state index in [2.05, 4.69) is 28.2 Å². The second-order valence-electron chi connectivity index (χ2n) is 6.15. The van der Waals surface area contributed by atoms with Crippen molar-refractivity contribution in [2.24, 2.45) is 0 Å². The molecule has 0 radical (unpaired) electrons. The highest BCUT2D eigenvalue weighted by molar-refractivity contribution is 5.55. The predicted octanol–water partition coefficient (Wildman–Crippen LogP) is 4.46. The number of hydrogen-bond acceptors (Lipinski definition) is 6. The number of ether oxygens (including phenoxy) is 2. The molecular weight excluding hydrogens is 352 g/mol. The molecule has 1 unspecified atom stereocenters.